The molecule has 0 atom stereocenters. The minimum Gasteiger partial charge on any atom is -0.481 e. The lowest BCUT2D eigenvalue weighted by Gasteiger charge is -2.25. The fraction of sp³-hybridized carbons (Fsp3) is 0.429. The quantitative estimate of drug-likeness (QED) is 0.277. The molecule has 8 nitrogen and oxygen atoms in total. The Morgan fingerprint density at radius 2 is 1.65 bits per heavy atom. The Labute approximate surface area is 221 Å². The van der Waals surface area contributed by atoms with Crippen LogP contribution in [0.1, 0.15) is 65.6 Å². The lowest BCUT2D eigenvalue weighted by atomic mass is 9.94. The fourth-order valence-corrected chi connectivity index (χ4v) is 4.81. The summed E-state index contributed by atoms with van der Waals surface area (Å²) in [7, 11) is 0. The number of aliphatic carboxylic acids is 2. The molecule has 2 aliphatic heterocycles. The van der Waals surface area contributed by atoms with Gasteiger partial charge in [-0.1, -0.05) is 29.8 Å². The topological polar surface area (TPSA) is 124 Å². The molecule has 0 aliphatic carbocycles. The third-order valence-electron chi connectivity index (χ3n) is 6.42. The second-order valence-corrected chi connectivity index (χ2v) is 9.64. The van der Waals surface area contributed by atoms with Crippen molar-refractivity contribution in [3.8, 4) is 0 Å². The number of nitrogens with one attached hydrogen (secondary N) is 1. The number of benzene rings is 2. The molecule has 1 amide bonds. The summed E-state index contributed by atoms with van der Waals surface area (Å²) in [5.41, 5.74) is 5.23. The predicted octanol–water partition coefficient (Wildman–Crippen LogP) is 4.30. The van der Waals surface area contributed by atoms with Crippen molar-refractivity contribution in [3.05, 3.63) is 63.7 Å². The van der Waals surface area contributed by atoms with Gasteiger partial charge in [-0.15, -0.1) is 0 Å². The molecular weight excluding hydrogens is 496 g/mol. The SMILES string of the molecule is O=C(CCCCNCCc1ccccc1Cl)c1cc2c3c(c1)CC(=O)N3CCC2.O=C(O)CCC(=O)O. The van der Waals surface area contributed by atoms with Crippen LogP contribution in [0.5, 0.6) is 0 Å². The average molecular weight is 529 g/mol. The Morgan fingerprint density at radius 3 is 2.35 bits per heavy atom. The van der Waals surface area contributed by atoms with Crippen LogP contribution in [0.2, 0.25) is 5.02 Å². The summed E-state index contributed by atoms with van der Waals surface area (Å²) in [5, 5.41) is 20.0. The van der Waals surface area contributed by atoms with Gasteiger partial charge in [0.25, 0.3) is 0 Å². The lowest BCUT2D eigenvalue weighted by molar-refractivity contribution is -0.143. The molecule has 0 saturated heterocycles. The number of aryl methyl sites for hydroxylation is 1. The molecule has 37 heavy (non-hydrogen) atoms. The summed E-state index contributed by atoms with van der Waals surface area (Å²) < 4.78 is 0. The molecule has 9 heteroatoms. The molecule has 0 unspecified atom stereocenters. The highest BCUT2D eigenvalue weighted by Gasteiger charge is 2.32. The zero-order valence-electron chi connectivity index (χ0n) is 20.8. The minimum atomic E-state index is -1.08. The van der Waals surface area contributed by atoms with Gasteiger partial charge < -0.3 is 20.4 Å². The maximum absolute atomic E-state index is 12.7. The fourth-order valence-electron chi connectivity index (χ4n) is 4.58. The molecule has 198 valence electrons. The van der Waals surface area contributed by atoms with Crippen molar-refractivity contribution < 1.29 is 29.4 Å². The minimum absolute atomic E-state index is 0.174. The second kappa shape index (κ2) is 13.9. The van der Waals surface area contributed by atoms with Crippen molar-refractivity contribution in [2.75, 3.05) is 24.5 Å². The molecule has 0 aromatic heterocycles. The number of carboxylic acid groups (broad SMARTS) is 2. The van der Waals surface area contributed by atoms with Gasteiger partial charge in [-0.05, 0) is 80.1 Å². The summed E-state index contributed by atoms with van der Waals surface area (Å²) >= 11 is 6.17. The largest absolute Gasteiger partial charge is 0.481 e. The molecule has 0 spiro atoms. The first-order chi connectivity index (χ1) is 17.8. The van der Waals surface area contributed by atoms with Crippen LogP contribution in [0.4, 0.5) is 5.69 Å². The highest BCUT2D eigenvalue weighted by atomic mass is 35.5. The Balaban J connectivity index is 0.000000414. The summed E-state index contributed by atoms with van der Waals surface area (Å²) in [6.45, 7) is 2.60. The predicted molar refractivity (Wildman–Crippen MR) is 142 cm³/mol. The average Bonchev–Trinajstić information content (AvgIpc) is 3.20. The van der Waals surface area contributed by atoms with Crippen LogP contribution in [0.3, 0.4) is 0 Å². The van der Waals surface area contributed by atoms with Gasteiger partial charge in [-0.3, -0.25) is 19.2 Å². The first kappa shape index (κ1) is 28.3. The number of carboxylic acids is 2. The third-order valence-corrected chi connectivity index (χ3v) is 6.79. The molecule has 3 N–H and O–H groups in total. The van der Waals surface area contributed by atoms with Gasteiger partial charge in [0.1, 0.15) is 0 Å². The first-order valence-corrected chi connectivity index (χ1v) is 13.0. The second-order valence-electron chi connectivity index (χ2n) is 9.23. The summed E-state index contributed by atoms with van der Waals surface area (Å²) in [5.74, 6) is -1.79. The van der Waals surface area contributed by atoms with E-state index in [1.54, 1.807) is 0 Å². The van der Waals surface area contributed by atoms with Crippen LogP contribution in [0, 0.1) is 0 Å². The van der Waals surface area contributed by atoms with Crippen LogP contribution >= 0.6 is 11.6 Å². The van der Waals surface area contributed by atoms with Crippen LogP contribution in [0.15, 0.2) is 36.4 Å². The standard InChI is InChI=1S/C24H27ClN2O2.C4H6O4/c25-21-8-2-1-6-17(21)10-12-26-11-4-3-9-22(28)19-14-18-7-5-13-27-23(29)16-20(15-19)24(18)27;5-3(6)1-2-4(7)8/h1-2,6,8,14-15,26H,3-5,7,9-13,16H2;1-2H2,(H,5,6)(H,7,8). The van der Waals surface area contributed by atoms with E-state index in [0.29, 0.717) is 12.8 Å². The van der Waals surface area contributed by atoms with Gasteiger partial charge in [-0.25, -0.2) is 0 Å². The third kappa shape index (κ3) is 8.40. The van der Waals surface area contributed by atoms with Crippen LogP contribution in [0.25, 0.3) is 0 Å². The lowest BCUT2D eigenvalue weighted by Crippen LogP contribution is -2.31. The number of hydrogen-bond acceptors (Lipinski definition) is 5. The van der Waals surface area contributed by atoms with E-state index in [9.17, 15) is 19.2 Å². The smallest absolute Gasteiger partial charge is 0.303 e. The van der Waals surface area contributed by atoms with E-state index in [4.69, 9.17) is 21.8 Å². The summed E-state index contributed by atoms with van der Waals surface area (Å²) in [6.07, 6.45) is 5.10. The summed E-state index contributed by atoms with van der Waals surface area (Å²) in [4.78, 5) is 46.0. The highest BCUT2D eigenvalue weighted by Crippen LogP contribution is 2.37. The van der Waals surface area contributed by atoms with E-state index in [0.717, 1.165) is 79.1 Å². The first-order valence-electron chi connectivity index (χ1n) is 12.6. The summed E-state index contributed by atoms with van der Waals surface area (Å²) in [6, 6.07) is 11.9. The van der Waals surface area contributed by atoms with Crippen molar-refractivity contribution in [2.45, 2.75) is 57.8 Å². The van der Waals surface area contributed by atoms with Crippen LogP contribution < -0.4 is 10.2 Å². The van der Waals surface area contributed by atoms with E-state index in [2.05, 4.69) is 11.4 Å². The van der Waals surface area contributed by atoms with E-state index < -0.39 is 11.9 Å². The number of carbonyl (C=O) groups excluding carboxylic acids is 2. The molecule has 4 rings (SSSR count). The van der Waals surface area contributed by atoms with Gasteiger partial charge in [0.15, 0.2) is 5.78 Å². The maximum Gasteiger partial charge on any atom is 0.303 e. The number of amides is 1. The van der Waals surface area contributed by atoms with Crippen molar-refractivity contribution in [1.82, 2.24) is 5.32 Å². The number of carbonyl (C=O) groups is 4. The van der Waals surface area contributed by atoms with E-state index in [1.807, 2.05) is 35.2 Å². The molecule has 0 radical (unpaired) electrons. The Bertz CT molecular complexity index is 1140. The Hall–Kier alpha value is -3.23. The number of anilines is 1. The van der Waals surface area contributed by atoms with Gasteiger partial charge in [-0.2, -0.15) is 0 Å². The Morgan fingerprint density at radius 1 is 0.946 bits per heavy atom. The zero-order valence-corrected chi connectivity index (χ0v) is 21.6. The number of halogens is 1. The molecule has 2 aromatic rings. The molecular formula is C28H33ClN2O6. The van der Waals surface area contributed by atoms with Crippen molar-refractivity contribution in [1.29, 1.82) is 0 Å². The normalized spacial score (nSPS) is 13.5. The van der Waals surface area contributed by atoms with Crippen LogP contribution in [-0.4, -0.2) is 53.5 Å². The molecule has 0 bridgehead atoms. The highest BCUT2D eigenvalue weighted by molar-refractivity contribution is 6.31. The van der Waals surface area contributed by atoms with Crippen molar-refractivity contribution >= 4 is 40.9 Å². The molecule has 0 saturated carbocycles. The van der Waals surface area contributed by atoms with Crippen LogP contribution in [-0.2, 0) is 33.6 Å². The van der Waals surface area contributed by atoms with E-state index in [-0.39, 0.29) is 24.5 Å². The molecule has 2 aliphatic rings. The van der Waals surface area contributed by atoms with Gasteiger partial charge in [0, 0.05) is 23.6 Å². The number of hydrogen-bond donors (Lipinski definition) is 3. The van der Waals surface area contributed by atoms with E-state index in [1.165, 1.54) is 5.56 Å². The molecule has 0 fully saturated rings. The van der Waals surface area contributed by atoms with Gasteiger partial charge in [0.2, 0.25) is 5.91 Å². The number of ketones is 1. The Kier molecular flexibility index (Phi) is 10.7. The number of unbranched alkanes of at least 4 members (excludes halogenated alkanes) is 1. The zero-order chi connectivity index (χ0) is 26.8. The van der Waals surface area contributed by atoms with E-state index >= 15 is 0 Å². The van der Waals surface area contributed by atoms with Crippen molar-refractivity contribution in [3.63, 3.8) is 0 Å². The maximum atomic E-state index is 12.7. The monoisotopic (exact) mass is 528 g/mol. The number of nitrogens with zero attached hydrogens (tertiary/aromatic N) is 1. The number of rotatable bonds is 12. The van der Waals surface area contributed by atoms with Crippen molar-refractivity contribution in [2.24, 2.45) is 0 Å². The van der Waals surface area contributed by atoms with Gasteiger partial charge in [0.05, 0.1) is 24.9 Å². The molecule has 2 aromatic carbocycles. The molecule has 2 heterocycles. The van der Waals surface area contributed by atoms with Gasteiger partial charge >= 0.3 is 11.9 Å². The number of Topliss-reactive ketones (excluding diaryl/α,β-unsaturated/α-hetero) is 1.